The largest absolute Gasteiger partial charge is 0.478 e. The number of anilines is 1. The molecule has 6 heteroatoms. The minimum Gasteiger partial charge on any atom is -0.478 e. The van der Waals surface area contributed by atoms with Crippen molar-refractivity contribution >= 4 is 44.8 Å². The smallest absolute Gasteiger partial charge is 0.335 e. The van der Waals surface area contributed by atoms with Gasteiger partial charge in [0, 0.05) is 21.5 Å². The van der Waals surface area contributed by atoms with E-state index in [1.165, 1.54) is 0 Å². The molecular formula is C15H12BrNO3S. The van der Waals surface area contributed by atoms with E-state index in [1.54, 1.807) is 34.4 Å². The first-order valence-electron chi connectivity index (χ1n) is 6.44. The molecule has 0 radical (unpaired) electrons. The summed E-state index contributed by atoms with van der Waals surface area (Å²) < 4.78 is 0.995. The average Bonchev–Trinajstić information content (AvgIpc) is 2.87. The number of carbonyl (C=O) groups is 2. The van der Waals surface area contributed by atoms with Gasteiger partial charge in [-0.1, -0.05) is 0 Å². The van der Waals surface area contributed by atoms with Gasteiger partial charge in [0.15, 0.2) is 0 Å². The molecule has 1 aliphatic heterocycles. The van der Waals surface area contributed by atoms with E-state index in [1.807, 2.05) is 11.4 Å². The van der Waals surface area contributed by atoms with Crippen molar-refractivity contribution in [2.24, 2.45) is 0 Å². The Morgan fingerprint density at radius 1 is 1.33 bits per heavy atom. The maximum absolute atomic E-state index is 12.2. The molecule has 0 saturated heterocycles. The Morgan fingerprint density at radius 2 is 2.14 bits per heavy atom. The van der Waals surface area contributed by atoms with Crippen LogP contribution in [0.3, 0.4) is 0 Å². The van der Waals surface area contributed by atoms with Gasteiger partial charge < -0.3 is 10.0 Å². The van der Waals surface area contributed by atoms with Crippen molar-refractivity contribution in [2.75, 3.05) is 4.90 Å². The zero-order chi connectivity index (χ0) is 15.0. The molecule has 2 heterocycles. The molecule has 0 unspecified atom stereocenters. The number of thiophene rings is 1. The molecule has 1 aromatic carbocycles. The van der Waals surface area contributed by atoms with Crippen molar-refractivity contribution in [3.63, 3.8) is 0 Å². The third kappa shape index (κ3) is 2.73. The van der Waals surface area contributed by atoms with Gasteiger partial charge in [-0.25, -0.2) is 4.79 Å². The van der Waals surface area contributed by atoms with Crippen LogP contribution in [0.4, 0.5) is 5.69 Å². The molecule has 0 aliphatic carbocycles. The molecule has 3 rings (SSSR count). The molecule has 108 valence electrons. The summed E-state index contributed by atoms with van der Waals surface area (Å²) in [5, 5.41) is 11.0. The molecule has 4 nitrogen and oxygen atoms in total. The number of aromatic carboxylic acids is 1. The fraction of sp³-hybridized carbons (Fsp3) is 0.200. The lowest BCUT2D eigenvalue weighted by molar-refractivity contribution is -0.119. The van der Waals surface area contributed by atoms with Crippen LogP contribution >= 0.6 is 27.3 Å². The van der Waals surface area contributed by atoms with E-state index in [4.69, 9.17) is 5.11 Å². The first-order chi connectivity index (χ1) is 10.1. The van der Waals surface area contributed by atoms with Crippen LogP contribution in [-0.2, 0) is 17.8 Å². The summed E-state index contributed by atoms with van der Waals surface area (Å²) in [5.74, 6) is -0.867. The van der Waals surface area contributed by atoms with Gasteiger partial charge in [0.25, 0.3) is 0 Å². The lowest BCUT2D eigenvalue weighted by Crippen LogP contribution is -2.34. The predicted molar refractivity (Wildman–Crippen MR) is 84.9 cm³/mol. The van der Waals surface area contributed by atoms with E-state index in [9.17, 15) is 9.59 Å². The molecule has 2 aromatic rings. The van der Waals surface area contributed by atoms with Crippen molar-refractivity contribution in [1.29, 1.82) is 0 Å². The van der Waals surface area contributed by atoms with E-state index >= 15 is 0 Å². The van der Waals surface area contributed by atoms with Crippen molar-refractivity contribution in [3.05, 3.63) is 50.1 Å². The number of amides is 1. The van der Waals surface area contributed by atoms with Gasteiger partial charge in [0.1, 0.15) is 0 Å². The van der Waals surface area contributed by atoms with Crippen LogP contribution in [0.2, 0.25) is 0 Å². The van der Waals surface area contributed by atoms with Gasteiger partial charge >= 0.3 is 5.97 Å². The number of hydrogen-bond acceptors (Lipinski definition) is 3. The van der Waals surface area contributed by atoms with E-state index in [2.05, 4.69) is 15.9 Å². The monoisotopic (exact) mass is 365 g/mol. The second-order valence-corrected chi connectivity index (χ2v) is 6.68. The third-order valence-electron chi connectivity index (χ3n) is 3.52. The lowest BCUT2D eigenvalue weighted by Gasteiger charge is -2.29. The number of aryl methyl sites for hydroxylation is 1. The first-order valence-corrected chi connectivity index (χ1v) is 8.12. The summed E-state index contributed by atoms with van der Waals surface area (Å²) in [6, 6.07) is 6.91. The molecular weight excluding hydrogens is 354 g/mol. The van der Waals surface area contributed by atoms with Gasteiger partial charge in [0.2, 0.25) is 5.91 Å². The summed E-state index contributed by atoms with van der Waals surface area (Å²) >= 11 is 5.07. The minimum absolute atomic E-state index is 0.0749. The normalized spacial score (nSPS) is 14.1. The molecule has 1 aliphatic rings. The molecule has 0 spiro atoms. The molecule has 1 N–H and O–H groups in total. The van der Waals surface area contributed by atoms with Crippen LogP contribution in [0.25, 0.3) is 0 Å². The Labute approximate surface area is 134 Å². The number of carbonyl (C=O) groups excluding carboxylic acids is 1. The van der Waals surface area contributed by atoms with Crippen molar-refractivity contribution in [2.45, 2.75) is 19.4 Å². The fourth-order valence-corrected chi connectivity index (χ4v) is 3.91. The molecule has 0 fully saturated rings. The maximum atomic E-state index is 12.2. The highest BCUT2D eigenvalue weighted by Crippen LogP contribution is 2.32. The summed E-state index contributed by atoms with van der Waals surface area (Å²) in [7, 11) is 0. The molecule has 1 aromatic heterocycles. The van der Waals surface area contributed by atoms with Crippen LogP contribution < -0.4 is 4.90 Å². The second-order valence-electron chi connectivity index (χ2n) is 4.82. The number of halogens is 1. The fourth-order valence-electron chi connectivity index (χ4n) is 2.45. The first kappa shape index (κ1) is 14.3. The summed E-state index contributed by atoms with van der Waals surface area (Å²) in [6.45, 7) is 0.510. The number of fused-ring (bicyclic) bond motifs is 1. The number of carboxylic acids is 1. The number of benzene rings is 1. The zero-order valence-corrected chi connectivity index (χ0v) is 13.4. The summed E-state index contributed by atoms with van der Waals surface area (Å²) in [4.78, 5) is 26.1. The number of hydrogen-bond donors (Lipinski definition) is 1. The Hall–Kier alpha value is -1.66. The zero-order valence-electron chi connectivity index (χ0n) is 11.0. The van der Waals surface area contributed by atoms with Gasteiger partial charge in [-0.3, -0.25) is 4.79 Å². The standard InChI is InChI=1S/C15H12BrNO3S/c16-11-5-6-21-13(11)8-17-12-3-1-10(15(19)20)7-9(12)2-4-14(17)18/h1,3,5-7H,2,4,8H2,(H,19,20). The number of carboxylic acid groups (broad SMARTS) is 1. The Morgan fingerprint density at radius 3 is 2.81 bits per heavy atom. The highest BCUT2D eigenvalue weighted by atomic mass is 79.9. The SMILES string of the molecule is O=C(O)c1ccc2c(c1)CCC(=O)N2Cc1sccc1Br. The maximum Gasteiger partial charge on any atom is 0.335 e. The van der Waals surface area contributed by atoms with Crippen LogP contribution in [0.15, 0.2) is 34.1 Å². The van der Waals surface area contributed by atoms with Gasteiger partial charge in [-0.15, -0.1) is 11.3 Å². The van der Waals surface area contributed by atoms with E-state index in [-0.39, 0.29) is 11.5 Å². The van der Waals surface area contributed by atoms with Crippen LogP contribution in [0.1, 0.15) is 27.2 Å². The van der Waals surface area contributed by atoms with Crippen molar-refractivity contribution < 1.29 is 14.7 Å². The van der Waals surface area contributed by atoms with Crippen LogP contribution in [0, 0.1) is 0 Å². The molecule has 21 heavy (non-hydrogen) atoms. The second kappa shape index (κ2) is 5.61. The van der Waals surface area contributed by atoms with Gasteiger partial charge in [-0.2, -0.15) is 0 Å². The molecule has 0 atom stereocenters. The van der Waals surface area contributed by atoms with E-state index < -0.39 is 5.97 Å². The van der Waals surface area contributed by atoms with E-state index in [0.29, 0.717) is 19.4 Å². The predicted octanol–water partition coefficient (Wildman–Crippen LogP) is 3.69. The van der Waals surface area contributed by atoms with Crippen molar-refractivity contribution in [3.8, 4) is 0 Å². The summed E-state index contributed by atoms with van der Waals surface area (Å²) in [5.41, 5.74) is 2.00. The number of nitrogens with zero attached hydrogens (tertiary/aromatic N) is 1. The molecule has 0 bridgehead atoms. The summed E-state index contributed by atoms with van der Waals surface area (Å²) in [6.07, 6.45) is 1.01. The highest BCUT2D eigenvalue weighted by Gasteiger charge is 2.25. The highest BCUT2D eigenvalue weighted by molar-refractivity contribution is 9.10. The minimum atomic E-state index is -0.942. The molecule has 1 amide bonds. The lowest BCUT2D eigenvalue weighted by atomic mass is 9.98. The quantitative estimate of drug-likeness (QED) is 0.902. The Balaban J connectivity index is 1.97. The van der Waals surface area contributed by atoms with Gasteiger partial charge in [-0.05, 0) is 57.6 Å². The topological polar surface area (TPSA) is 57.6 Å². The Bertz CT molecular complexity index is 725. The van der Waals surface area contributed by atoms with E-state index in [0.717, 1.165) is 20.6 Å². The molecule has 0 saturated carbocycles. The Kier molecular flexibility index (Phi) is 3.82. The van der Waals surface area contributed by atoms with Crippen LogP contribution in [-0.4, -0.2) is 17.0 Å². The number of rotatable bonds is 3. The van der Waals surface area contributed by atoms with Gasteiger partial charge in [0.05, 0.1) is 12.1 Å². The van der Waals surface area contributed by atoms with Crippen molar-refractivity contribution in [1.82, 2.24) is 0 Å². The van der Waals surface area contributed by atoms with Crippen LogP contribution in [0.5, 0.6) is 0 Å². The third-order valence-corrected chi connectivity index (χ3v) is 5.43. The average molecular weight is 366 g/mol.